The van der Waals surface area contributed by atoms with E-state index in [1.165, 1.54) is 4.90 Å². The minimum atomic E-state index is -4.62. The SMILES string of the molecule is CC1(C)C2CN(C(=O)c3ccc(C(F)(F)F)[nH]3)C(C(=O)NC(C#N)CC3CC4(CC4)NC3=O)[C@@H]21. The largest absolute Gasteiger partial charge is 0.431 e. The molecular formula is C23H26F3N5O3. The van der Waals surface area contributed by atoms with Gasteiger partial charge in [-0.1, -0.05) is 13.8 Å². The number of amides is 3. The molecule has 4 unspecified atom stereocenters. The molecular weight excluding hydrogens is 451 g/mol. The minimum absolute atomic E-state index is 0.0418. The maximum Gasteiger partial charge on any atom is 0.431 e. The standard InChI is InChI=1S/C23H26F3N5O3/c1-21(2)13-10-31(20(34)14-3-4-15(29-14)23(24,25)26)17(16(13)21)19(33)28-12(9-27)7-11-8-22(5-6-22)30-18(11)32/h3-4,11-13,16-17,29H,5-8,10H2,1-2H3,(H,28,33)(H,30,32)/t11?,12?,13?,16-,17?/m1/s1. The van der Waals surface area contributed by atoms with Crippen LogP contribution in [0.2, 0.25) is 0 Å². The number of halogens is 3. The molecule has 11 heteroatoms. The van der Waals surface area contributed by atoms with E-state index in [9.17, 15) is 32.8 Å². The van der Waals surface area contributed by atoms with Crippen molar-refractivity contribution in [2.45, 2.75) is 63.3 Å². The van der Waals surface area contributed by atoms with E-state index >= 15 is 0 Å². The molecule has 3 amide bonds. The Labute approximate surface area is 194 Å². The molecule has 4 aliphatic rings. The van der Waals surface area contributed by atoms with E-state index in [2.05, 4.69) is 15.6 Å². The molecule has 2 saturated carbocycles. The number of carbonyl (C=O) groups excluding carboxylic acids is 3. The van der Waals surface area contributed by atoms with Crippen molar-refractivity contribution < 1.29 is 27.6 Å². The fraction of sp³-hybridized carbons (Fsp3) is 0.652. The summed E-state index contributed by atoms with van der Waals surface area (Å²) in [6.07, 6.45) is -1.95. The number of hydrogen-bond acceptors (Lipinski definition) is 4. The molecule has 2 aliphatic heterocycles. The van der Waals surface area contributed by atoms with Crippen LogP contribution < -0.4 is 10.6 Å². The van der Waals surface area contributed by atoms with Crippen molar-refractivity contribution in [2.75, 3.05) is 6.54 Å². The second-order valence-electron chi connectivity index (χ2n) is 10.7. The lowest BCUT2D eigenvalue weighted by Crippen LogP contribution is -2.52. The van der Waals surface area contributed by atoms with Crippen LogP contribution in [-0.2, 0) is 15.8 Å². The van der Waals surface area contributed by atoms with Crippen molar-refractivity contribution in [1.82, 2.24) is 20.5 Å². The van der Waals surface area contributed by atoms with Gasteiger partial charge in [0.05, 0.1) is 6.07 Å². The summed E-state index contributed by atoms with van der Waals surface area (Å²) in [6, 6.07) is 2.12. The van der Waals surface area contributed by atoms with Gasteiger partial charge in [-0.2, -0.15) is 18.4 Å². The van der Waals surface area contributed by atoms with Crippen LogP contribution in [0, 0.1) is 34.5 Å². The molecule has 5 rings (SSSR count). The Bertz CT molecular complexity index is 1100. The summed E-state index contributed by atoms with van der Waals surface area (Å²) in [5, 5.41) is 15.3. The fourth-order valence-corrected chi connectivity index (χ4v) is 5.97. The van der Waals surface area contributed by atoms with Gasteiger partial charge in [0.25, 0.3) is 5.91 Å². The van der Waals surface area contributed by atoms with Gasteiger partial charge in [-0.25, -0.2) is 0 Å². The number of hydrogen-bond donors (Lipinski definition) is 3. The van der Waals surface area contributed by atoms with Gasteiger partial charge in [0.1, 0.15) is 23.5 Å². The quantitative estimate of drug-likeness (QED) is 0.603. The molecule has 182 valence electrons. The number of alkyl halides is 3. The average Bonchev–Trinajstić information content (AvgIpc) is 3.33. The summed E-state index contributed by atoms with van der Waals surface area (Å²) >= 11 is 0. The monoisotopic (exact) mass is 477 g/mol. The number of aromatic amines is 1. The number of aromatic nitrogens is 1. The highest BCUT2D eigenvalue weighted by Gasteiger charge is 2.69. The summed E-state index contributed by atoms with van der Waals surface area (Å²) in [5.41, 5.74) is -1.61. The molecule has 0 aromatic carbocycles. The average molecular weight is 477 g/mol. The van der Waals surface area contributed by atoms with Crippen LogP contribution in [0.4, 0.5) is 13.2 Å². The summed E-state index contributed by atoms with van der Waals surface area (Å²) in [4.78, 5) is 42.0. The third-order valence-corrected chi connectivity index (χ3v) is 8.20. The van der Waals surface area contributed by atoms with E-state index in [4.69, 9.17) is 0 Å². The third kappa shape index (κ3) is 3.63. The number of likely N-dealkylation sites (tertiary alicyclic amines) is 1. The van der Waals surface area contributed by atoms with Gasteiger partial charge < -0.3 is 20.5 Å². The lowest BCUT2D eigenvalue weighted by Gasteiger charge is -2.30. The molecule has 1 aromatic heterocycles. The minimum Gasteiger partial charge on any atom is -0.350 e. The third-order valence-electron chi connectivity index (χ3n) is 8.20. The predicted molar refractivity (Wildman–Crippen MR) is 112 cm³/mol. The zero-order chi connectivity index (χ0) is 24.6. The Morgan fingerprint density at radius 1 is 1.32 bits per heavy atom. The van der Waals surface area contributed by atoms with Crippen molar-refractivity contribution >= 4 is 17.7 Å². The van der Waals surface area contributed by atoms with Crippen LogP contribution in [0.5, 0.6) is 0 Å². The second kappa shape index (κ2) is 7.23. The number of H-pyrrole nitrogens is 1. The highest BCUT2D eigenvalue weighted by Crippen LogP contribution is 2.65. The first-order chi connectivity index (χ1) is 15.9. The van der Waals surface area contributed by atoms with Crippen LogP contribution in [0.3, 0.4) is 0 Å². The number of rotatable bonds is 5. The van der Waals surface area contributed by atoms with Gasteiger partial charge in [-0.3, -0.25) is 14.4 Å². The van der Waals surface area contributed by atoms with E-state index in [0.717, 1.165) is 25.0 Å². The molecule has 2 saturated heterocycles. The molecule has 3 heterocycles. The topological polar surface area (TPSA) is 118 Å². The Hall–Kier alpha value is -3.03. The molecule has 4 fully saturated rings. The summed E-state index contributed by atoms with van der Waals surface area (Å²) < 4.78 is 38.9. The summed E-state index contributed by atoms with van der Waals surface area (Å²) in [5.74, 6) is -1.78. The molecule has 2 aliphatic carbocycles. The molecule has 34 heavy (non-hydrogen) atoms. The first-order valence-corrected chi connectivity index (χ1v) is 11.5. The predicted octanol–water partition coefficient (Wildman–Crippen LogP) is 2.20. The number of nitriles is 1. The number of nitrogens with one attached hydrogen (secondary N) is 3. The van der Waals surface area contributed by atoms with E-state index in [0.29, 0.717) is 6.42 Å². The zero-order valence-corrected chi connectivity index (χ0v) is 18.8. The Balaban J connectivity index is 1.30. The maximum absolute atomic E-state index is 13.3. The van der Waals surface area contributed by atoms with E-state index < -0.39 is 35.8 Å². The fourth-order valence-electron chi connectivity index (χ4n) is 5.97. The van der Waals surface area contributed by atoms with Crippen molar-refractivity contribution in [1.29, 1.82) is 5.26 Å². The second-order valence-corrected chi connectivity index (χ2v) is 10.7. The van der Waals surface area contributed by atoms with Gasteiger partial charge in [-0.05, 0) is 55.1 Å². The van der Waals surface area contributed by atoms with Crippen LogP contribution in [0.25, 0.3) is 0 Å². The Kier molecular flexibility index (Phi) is 4.84. The van der Waals surface area contributed by atoms with Crippen LogP contribution >= 0.6 is 0 Å². The first-order valence-electron chi connectivity index (χ1n) is 11.5. The summed E-state index contributed by atoms with van der Waals surface area (Å²) in [6.45, 7) is 4.22. The highest BCUT2D eigenvalue weighted by atomic mass is 19.4. The lowest BCUT2D eigenvalue weighted by atomic mass is 9.95. The number of fused-ring (bicyclic) bond motifs is 1. The van der Waals surface area contributed by atoms with Crippen molar-refractivity contribution in [3.63, 3.8) is 0 Å². The molecule has 5 atom stereocenters. The van der Waals surface area contributed by atoms with E-state index in [1.54, 1.807) is 0 Å². The van der Waals surface area contributed by atoms with Gasteiger partial charge >= 0.3 is 6.18 Å². The van der Waals surface area contributed by atoms with Gasteiger partial charge in [0.15, 0.2) is 0 Å². The molecule has 1 spiro atoms. The lowest BCUT2D eigenvalue weighted by molar-refractivity contribution is -0.140. The van der Waals surface area contributed by atoms with E-state index in [-0.39, 0.29) is 53.3 Å². The van der Waals surface area contributed by atoms with E-state index in [1.807, 2.05) is 19.9 Å². The Morgan fingerprint density at radius 2 is 2.03 bits per heavy atom. The Morgan fingerprint density at radius 3 is 2.59 bits per heavy atom. The summed E-state index contributed by atoms with van der Waals surface area (Å²) in [7, 11) is 0. The van der Waals surface area contributed by atoms with Gasteiger partial charge in [-0.15, -0.1) is 0 Å². The normalized spacial score (nSPS) is 30.9. The maximum atomic E-state index is 13.3. The van der Waals surface area contributed by atoms with Gasteiger partial charge in [0, 0.05) is 18.0 Å². The van der Waals surface area contributed by atoms with Gasteiger partial charge in [0.2, 0.25) is 11.8 Å². The zero-order valence-electron chi connectivity index (χ0n) is 18.8. The number of nitrogens with zero attached hydrogens (tertiary/aromatic N) is 2. The highest BCUT2D eigenvalue weighted by molar-refractivity contribution is 5.97. The molecule has 0 bridgehead atoms. The number of carbonyl (C=O) groups is 3. The van der Waals surface area contributed by atoms with Crippen LogP contribution in [0.1, 0.15) is 55.7 Å². The molecule has 0 radical (unpaired) electrons. The van der Waals surface area contributed by atoms with Crippen LogP contribution in [-0.4, -0.2) is 51.8 Å². The molecule has 3 N–H and O–H groups in total. The first kappa shape index (κ1) is 22.7. The molecule has 1 aromatic rings. The number of piperidine rings is 1. The smallest absolute Gasteiger partial charge is 0.350 e. The van der Waals surface area contributed by atoms with Crippen LogP contribution in [0.15, 0.2) is 12.1 Å². The van der Waals surface area contributed by atoms with Crippen molar-refractivity contribution in [3.05, 3.63) is 23.5 Å². The molecule has 8 nitrogen and oxygen atoms in total. The van der Waals surface area contributed by atoms with Crippen molar-refractivity contribution in [2.24, 2.45) is 23.2 Å². The van der Waals surface area contributed by atoms with Crippen molar-refractivity contribution in [3.8, 4) is 6.07 Å².